The van der Waals surface area contributed by atoms with Crippen LogP contribution in [0.3, 0.4) is 0 Å². The molecule has 104 valence electrons. The quantitative estimate of drug-likeness (QED) is 0.820. The fourth-order valence-corrected chi connectivity index (χ4v) is 2.06. The molecular formula is C14H12BrClN2O2. The normalized spacial score (nSPS) is 10.2. The van der Waals surface area contributed by atoms with Crippen LogP contribution >= 0.6 is 27.5 Å². The maximum absolute atomic E-state index is 12.1. The minimum Gasteiger partial charge on any atom is -0.495 e. The molecule has 0 heterocycles. The number of anilines is 2. The van der Waals surface area contributed by atoms with E-state index in [9.17, 15) is 4.79 Å². The number of hydrogen-bond acceptors (Lipinski definition) is 3. The zero-order valence-electron chi connectivity index (χ0n) is 10.6. The van der Waals surface area contributed by atoms with E-state index < -0.39 is 0 Å². The van der Waals surface area contributed by atoms with Crippen LogP contribution in [-0.4, -0.2) is 13.0 Å². The Kier molecular flexibility index (Phi) is 4.52. The topological polar surface area (TPSA) is 64.3 Å². The first-order valence-corrected chi connectivity index (χ1v) is 6.88. The molecule has 2 rings (SSSR count). The number of halogens is 2. The average molecular weight is 356 g/mol. The van der Waals surface area contributed by atoms with Gasteiger partial charge in [0.2, 0.25) is 0 Å². The number of nitrogens with one attached hydrogen (secondary N) is 1. The Bertz CT molecular complexity index is 662. The smallest absolute Gasteiger partial charge is 0.255 e. The summed E-state index contributed by atoms with van der Waals surface area (Å²) in [6.07, 6.45) is 0. The van der Waals surface area contributed by atoms with Crippen molar-refractivity contribution in [3.63, 3.8) is 0 Å². The van der Waals surface area contributed by atoms with Crippen molar-refractivity contribution >= 4 is 44.8 Å². The van der Waals surface area contributed by atoms with Gasteiger partial charge in [-0.1, -0.05) is 11.6 Å². The van der Waals surface area contributed by atoms with Crippen molar-refractivity contribution < 1.29 is 9.53 Å². The summed E-state index contributed by atoms with van der Waals surface area (Å²) in [5.41, 5.74) is 7.29. The summed E-state index contributed by atoms with van der Waals surface area (Å²) in [6.45, 7) is 0. The van der Waals surface area contributed by atoms with Crippen molar-refractivity contribution in [2.75, 3.05) is 18.2 Å². The second-order valence-electron chi connectivity index (χ2n) is 4.04. The molecule has 0 atom stereocenters. The second-order valence-corrected chi connectivity index (χ2v) is 5.30. The SMILES string of the molecule is COc1cc(NC(=O)c2ccc(Br)c(Cl)c2)ccc1N. The molecule has 20 heavy (non-hydrogen) atoms. The molecule has 2 aromatic rings. The first-order chi connectivity index (χ1) is 9.51. The van der Waals surface area contributed by atoms with E-state index in [-0.39, 0.29) is 5.91 Å². The van der Waals surface area contributed by atoms with E-state index in [4.69, 9.17) is 22.1 Å². The molecule has 0 fully saturated rings. The summed E-state index contributed by atoms with van der Waals surface area (Å²) in [5, 5.41) is 3.24. The lowest BCUT2D eigenvalue weighted by atomic mass is 10.2. The third kappa shape index (κ3) is 3.23. The molecule has 0 spiro atoms. The van der Waals surface area contributed by atoms with E-state index >= 15 is 0 Å². The number of amides is 1. The number of benzene rings is 2. The molecular weight excluding hydrogens is 344 g/mol. The number of rotatable bonds is 3. The lowest BCUT2D eigenvalue weighted by molar-refractivity contribution is 0.102. The van der Waals surface area contributed by atoms with Crippen LogP contribution in [0.5, 0.6) is 5.75 Å². The standard InChI is InChI=1S/C14H12BrClN2O2/c1-20-13-7-9(3-5-12(13)17)18-14(19)8-2-4-10(15)11(16)6-8/h2-7H,17H2,1H3,(H,18,19). The molecule has 0 aliphatic heterocycles. The molecule has 6 heteroatoms. The molecule has 4 nitrogen and oxygen atoms in total. The predicted molar refractivity (Wildman–Crippen MR) is 84.5 cm³/mol. The van der Waals surface area contributed by atoms with Gasteiger partial charge >= 0.3 is 0 Å². The van der Waals surface area contributed by atoms with Crippen LogP contribution in [0.2, 0.25) is 5.02 Å². The van der Waals surface area contributed by atoms with Gasteiger partial charge in [-0.25, -0.2) is 0 Å². The molecule has 0 aromatic heterocycles. The van der Waals surface area contributed by atoms with E-state index in [1.54, 1.807) is 36.4 Å². The van der Waals surface area contributed by atoms with Gasteiger partial charge in [0.1, 0.15) is 5.75 Å². The highest BCUT2D eigenvalue weighted by atomic mass is 79.9. The fraction of sp³-hybridized carbons (Fsp3) is 0.0714. The zero-order chi connectivity index (χ0) is 14.7. The van der Waals surface area contributed by atoms with Gasteiger partial charge in [0.25, 0.3) is 5.91 Å². The Morgan fingerprint density at radius 1 is 1.30 bits per heavy atom. The number of nitrogens with two attached hydrogens (primary N) is 1. The highest BCUT2D eigenvalue weighted by Crippen LogP contribution is 2.26. The van der Waals surface area contributed by atoms with Crippen molar-refractivity contribution in [1.82, 2.24) is 0 Å². The Balaban J connectivity index is 2.21. The van der Waals surface area contributed by atoms with Crippen LogP contribution in [0.4, 0.5) is 11.4 Å². The van der Waals surface area contributed by atoms with Crippen LogP contribution in [0.25, 0.3) is 0 Å². The van der Waals surface area contributed by atoms with Gasteiger partial charge in [-0.2, -0.15) is 0 Å². The van der Waals surface area contributed by atoms with Gasteiger partial charge in [0.15, 0.2) is 0 Å². The van der Waals surface area contributed by atoms with E-state index in [0.717, 1.165) is 4.47 Å². The van der Waals surface area contributed by atoms with Gasteiger partial charge in [0.05, 0.1) is 17.8 Å². The van der Waals surface area contributed by atoms with E-state index in [0.29, 0.717) is 27.7 Å². The Morgan fingerprint density at radius 3 is 2.70 bits per heavy atom. The summed E-state index contributed by atoms with van der Waals surface area (Å²) in [4.78, 5) is 12.1. The summed E-state index contributed by atoms with van der Waals surface area (Å²) >= 11 is 9.24. The van der Waals surface area contributed by atoms with E-state index in [1.165, 1.54) is 7.11 Å². The van der Waals surface area contributed by atoms with Crippen LogP contribution in [0.15, 0.2) is 40.9 Å². The minimum atomic E-state index is -0.258. The van der Waals surface area contributed by atoms with Gasteiger partial charge in [-0.05, 0) is 46.3 Å². The molecule has 0 aliphatic rings. The number of carbonyl (C=O) groups is 1. The molecule has 0 unspecified atom stereocenters. The molecule has 0 saturated heterocycles. The molecule has 2 aromatic carbocycles. The summed E-state index contributed by atoms with van der Waals surface area (Å²) in [5.74, 6) is 0.253. The number of hydrogen-bond donors (Lipinski definition) is 2. The molecule has 0 bridgehead atoms. The van der Waals surface area contributed by atoms with Crippen molar-refractivity contribution in [2.45, 2.75) is 0 Å². The minimum absolute atomic E-state index is 0.258. The number of methoxy groups -OCH3 is 1. The molecule has 1 amide bonds. The number of nitrogen functional groups attached to an aromatic ring is 1. The molecule has 3 N–H and O–H groups in total. The highest BCUT2D eigenvalue weighted by Gasteiger charge is 2.09. The lowest BCUT2D eigenvalue weighted by Crippen LogP contribution is -2.12. The van der Waals surface area contributed by atoms with Gasteiger partial charge in [-0.15, -0.1) is 0 Å². The maximum atomic E-state index is 12.1. The van der Waals surface area contributed by atoms with E-state index in [1.807, 2.05) is 0 Å². The second kappa shape index (κ2) is 6.15. The molecule has 0 saturated carbocycles. The third-order valence-corrected chi connectivity index (χ3v) is 3.91. The van der Waals surface area contributed by atoms with Crippen molar-refractivity contribution in [2.24, 2.45) is 0 Å². The molecule has 0 aliphatic carbocycles. The molecule has 0 radical (unpaired) electrons. The average Bonchev–Trinajstić information content (AvgIpc) is 2.43. The lowest BCUT2D eigenvalue weighted by Gasteiger charge is -2.09. The van der Waals surface area contributed by atoms with Crippen LogP contribution in [0.1, 0.15) is 10.4 Å². The number of carbonyl (C=O) groups excluding carboxylic acids is 1. The fourth-order valence-electron chi connectivity index (χ4n) is 1.63. The first-order valence-electron chi connectivity index (χ1n) is 5.71. The highest BCUT2D eigenvalue weighted by molar-refractivity contribution is 9.10. The largest absolute Gasteiger partial charge is 0.495 e. The van der Waals surface area contributed by atoms with Gasteiger partial charge in [-0.3, -0.25) is 4.79 Å². The summed E-state index contributed by atoms with van der Waals surface area (Å²) in [6, 6.07) is 10.0. The first kappa shape index (κ1) is 14.7. The van der Waals surface area contributed by atoms with Crippen molar-refractivity contribution in [3.05, 3.63) is 51.5 Å². The van der Waals surface area contributed by atoms with Crippen molar-refractivity contribution in [3.8, 4) is 5.75 Å². The monoisotopic (exact) mass is 354 g/mol. The summed E-state index contributed by atoms with van der Waals surface area (Å²) < 4.78 is 5.84. The summed E-state index contributed by atoms with van der Waals surface area (Å²) in [7, 11) is 1.52. The van der Waals surface area contributed by atoms with Crippen molar-refractivity contribution in [1.29, 1.82) is 0 Å². The van der Waals surface area contributed by atoms with E-state index in [2.05, 4.69) is 21.2 Å². The predicted octanol–water partition coefficient (Wildman–Crippen LogP) is 3.95. The van der Waals surface area contributed by atoms with Crippen LogP contribution < -0.4 is 15.8 Å². The third-order valence-electron chi connectivity index (χ3n) is 2.67. The van der Waals surface area contributed by atoms with Crippen LogP contribution in [-0.2, 0) is 0 Å². The maximum Gasteiger partial charge on any atom is 0.255 e. The Morgan fingerprint density at radius 2 is 2.05 bits per heavy atom. The Hall–Kier alpha value is -1.72. The number of ether oxygens (including phenoxy) is 1. The Labute approximate surface area is 130 Å². The van der Waals surface area contributed by atoms with Crippen LogP contribution in [0, 0.1) is 0 Å². The zero-order valence-corrected chi connectivity index (χ0v) is 13.0. The van der Waals surface area contributed by atoms with Gasteiger partial charge < -0.3 is 15.8 Å². The van der Waals surface area contributed by atoms with Gasteiger partial charge in [0, 0.05) is 21.8 Å².